The largest absolute Gasteiger partial charge is 0.375 e. The number of nitrogen functional groups attached to an aromatic ring is 1. The average Bonchev–Trinajstić information content (AvgIpc) is 2.96. The van der Waals surface area contributed by atoms with Gasteiger partial charge >= 0.3 is 0 Å². The molecule has 0 amide bonds. The Balaban J connectivity index is 2.08. The fraction of sp³-hybridized carbons (Fsp3) is 0.400. The van der Waals surface area contributed by atoms with Crippen molar-refractivity contribution in [3.8, 4) is 0 Å². The first kappa shape index (κ1) is 14.4. The van der Waals surface area contributed by atoms with Crippen molar-refractivity contribution in [2.24, 2.45) is 0 Å². The molecule has 0 aliphatic heterocycles. The Labute approximate surface area is 119 Å². The van der Waals surface area contributed by atoms with Crippen molar-refractivity contribution in [1.82, 2.24) is 14.7 Å². The van der Waals surface area contributed by atoms with Crippen LogP contribution in [0.25, 0.3) is 0 Å². The number of nitrogens with one attached hydrogen (secondary N) is 1. The minimum absolute atomic E-state index is 0.0281. The van der Waals surface area contributed by atoms with Gasteiger partial charge in [0, 0.05) is 24.0 Å². The second-order valence-corrected chi connectivity index (χ2v) is 7.97. The summed E-state index contributed by atoms with van der Waals surface area (Å²) in [7, 11) is -3.55. The molecule has 0 bridgehead atoms. The van der Waals surface area contributed by atoms with Crippen LogP contribution in [0.4, 0.5) is 5.13 Å². The van der Waals surface area contributed by atoms with Gasteiger partial charge in [0.15, 0.2) is 9.34 Å². The zero-order chi connectivity index (χ0) is 14.0. The van der Waals surface area contributed by atoms with Crippen LogP contribution >= 0.6 is 22.7 Å². The topological polar surface area (TPSA) is 98.0 Å². The Bertz CT molecular complexity index is 648. The summed E-state index contributed by atoms with van der Waals surface area (Å²) in [6.07, 6.45) is 1.71. The first-order valence-electron chi connectivity index (χ1n) is 5.52. The molecule has 0 saturated carbocycles. The number of thiazole rings is 2. The van der Waals surface area contributed by atoms with E-state index in [1.54, 1.807) is 13.1 Å². The number of hydrogen-bond donors (Lipinski definition) is 2. The van der Waals surface area contributed by atoms with Crippen molar-refractivity contribution < 1.29 is 8.42 Å². The van der Waals surface area contributed by atoms with Crippen LogP contribution in [0.1, 0.15) is 23.5 Å². The summed E-state index contributed by atoms with van der Waals surface area (Å²) in [5.41, 5.74) is 5.94. The maximum Gasteiger partial charge on any atom is 0.252 e. The van der Waals surface area contributed by atoms with Gasteiger partial charge < -0.3 is 5.73 Å². The molecule has 1 unspecified atom stereocenters. The van der Waals surface area contributed by atoms with E-state index < -0.39 is 10.0 Å². The second kappa shape index (κ2) is 5.53. The van der Waals surface area contributed by atoms with Gasteiger partial charge in [0.05, 0.1) is 10.7 Å². The molecule has 2 heterocycles. The van der Waals surface area contributed by atoms with Crippen LogP contribution in [0.3, 0.4) is 0 Å². The summed E-state index contributed by atoms with van der Waals surface area (Å²) in [6, 6.07) is 0. The van der Waals surface area contributed by atoms with E-state index in [0.717, 1.165) is 16.3 Å². The second-order valence-electron chi connectivity index (χ2n) is 4.05. The first-order valence-corrected chi connectivity index (χ1v) is 8.70. The van der Waals surface area contributed by atoms with E-state index in [9.17, 15) is 8.42 Å². The maximum atomic E-state index is 12.1. The molecule has 3 N–H and O–H groups in total. The number of aryl methyl sites for hydroxylation is 1. The van der Waals surface area contributed by atoms with Crippen LogP contribution in [-0.4, -0.2) is 24.9 Å². The van der Waals surface area contributed by atoms with Gasteiger partial charge in [-0.25, -0.2) is 23.1 Å². The van der Waals surface area contributed by atoms with E-state index >= 15 is 0 Å². The number of rotatable bonds is 5. The van der Waals surface area contributed by atoms with Crippen LogP contribution in [0.2, 0.25) is 0 Å². The van der Waals surface area contributed by atoms with E-state index in [1.807, 2.05) is 12.3 Å². The molecule has 0 saturated heterocycles. The zero-order valence-electron chi connectivity index (χ0n) is 10.5. The third-order valence-corrected chi connectivity index (χ3v) is 6.49. The molecule has 2 aromatic rings. The highest BCUT2D eigenvalue weighted by Gasteiger charge is 2.22. The summed E-state index contributed by atoms with van der Waals surface area (Å²) in [5, 5.41) is 3.03. The van der Waals surface area contributed by atoms with Crippen molar-refractivity contribution in [3.05, 3.63) is 22.3 Å². The molecular weight excluding hydrogens is 304 g/mol. The Hall–Kier alpha value is -1.03. The van der Waals surface area contributed by atoms with E-state index in [1.165, 1.54) is 11.3 Å². The molecule has 0 aromatic carbocycles. The van der Waals surface area contributed by atoms with Gasteiger partial charge in [0.1, 0.15) is 0 Å². The summed E-state index contributed by atoms with van der Waals surface area (Å²) < 4.78 is 27.0. The Kier molecular flexibility index (Phi) is 4.19. The highest BCUT2D eigenvalue weighted by atomic mass is 32.2. The minimum atomic E-state index is -3.55. The van der Waals surface area contributed by atoms with Gasteiger partial charge in [0.25, 0.3) is 10.0 Å². The van der Waals surface area contributed by atoms with Gasteiger partial charge in [-0.05, 0) is 6.92 Å². The molecule has 2 rings (SSSR count). The fourth-order valence-electron chi connectivity index (χ4n) is 1.52. The molecule has 6 nitrogen and oxygen atoms in total. The summed E-state index contributed by atoms with van der Waals surface area (Å²) >= 11 is 2.48. The van der Waals surface area contributed by atoms with Crippen LogP contribution in [0.15, 0.2) is 15.8 Å². The normalized spacial score (nSPS) is 13.6. The monoisotopic (exact) mass is 318 g/mol. The third kappa shape index (κ3) is 3.30. The Morgan fingerprint density at radius 3 is 2.79 bits per heavy atom. The Morgan fingerprint density at radius 1 is 1.53 bits per heavy atom. The number of aromatic nitrogens is 2. The van der Waals surface area contributed by atoms with Crippen LogP contribution in [-0.2, 0) is 10.0 Å². The molecule has 2 aromatic heterocycles. The summed E-state index contributed by atoms with van der Waals surface area (Å²) in [6.45, 7) is 3.86. The van der Waals surface area contributed by atoms with Crippen molar-refractivity contribution in [2.75, 3.05) is 12.3 Å². The lowest BCUT2D eigenvalue weighted by molar-refractivity contribution is 0.576. The van der Waals surface area contributed by atoms with Crippen molar-refractivity contribution in [3.63, 3.8) is 0 Å². The van der Waals surface area contributed by atoms with Crippen molar-refractivity contribution in [2.45, 2.75) is 24.0 Å². The first-order chi connectivity index (χ1) is 8.90. The van der Waals surface area contributed by atoms with Crippen molar-refractivity contribution >= 4 is 37.8 Å². The molecule has 9 heteroatoms. The number of nitrogens with zero attached hydrogens (tertiary/aromatic N) is 2. The highest BCUT2D eigenvalue weighted by molar-refractivity contribution is 7.91. The minimum Gasteiger partial charge on any atom is -0.375 e. The molecule has 0 aliphatic rings. The third-order valence-electron chi connectivity index (χ3n) is 2.47. The zero-order valence-corrected chi connectivity index (χ0v) is 12.9. The van der Waals surface area contributed by atoms with E-state index in [0.29, 0.717) is 12.2 Å². The molecule has 1 atom stereocenters. The van der Waals surface area contributed by atoms with Crippen LogP contribution < -0.4 is 10.5 Å². The maximum absolute atomic E-state index is 12.1. The summed E-state index contributed by atoms with van der Waals surface area (Å²) in [5.74, 6) is 0.0281. The van der Waals surface area contributed by atoms with E-state index in [2.05, 4.69) is 14.7 Å². The SMILES string of the molecule is Cc1nc(N)sc1S(=O)(=O)NCC(C)c1nccs1. The number of nitrogens with two attached hydrogens (primary N) is 1. The predicted octanol–water partition coefficient (Wildman–Crippen LogP) is 1.57. The average molecular weight is 318 g/mol. The summed E-state index contributed by atoms with van der Waals surface area (Å²) in [4.78, 5) is 8.09. The lowest BCUT2D eigenvalue weighted by Crippen LogP contribution is -2.27. The molecule has 0 aliphatic carbocycles. The fourth-order valence-corrected chi connectivity index (χ4v) is 4.69. The Morgan fingerprint density at radius 2 is 2.26 bits per heavy atom. The lowest BCUT2D eigenvalue weighted by atomic mass is 10.2. The smallest absolute Gasteiger partial charge is 0.252 e. The molecule has 0 spiro atoms. The molecular formula is C10H14N4O2S3. The van der Waals surface area contributed by atoms with E-state index in [-0.39, 0.29) is 15.3 Å². The van der Waals surface area contributed by atoms with Gasteiger partial charge in [0.2, 0.25) is 0 Å². The molecule has 19 heavy (non-hydrogen) atoms. The van der Waals surface area contributed by atoms with Gasteiger partial charge in [-0.3, -0.25) is 0 Å². The predicted molar refractivity (Wildman–Crippen MR) is 77.0 cm³/mol. The number of hydrogen-bond acceptors (Lipinski definition) is 7. The number of sulfonamides is 1. The molecule has 0 radical (unpaired) electrons. The van der Waals surface area contributed by atoms with Gasteiger partial charge in [-0.15, -0.1) is 11.3 Å². The van der Waals surface area contributed by atoms with E-state index in [4.69, 9.17) is 5.73 Å². The quantitative estimate of drug-likeness (QED) is 0.872. The van der Waals surface area contributed by atoms with Crippen LogP contribution in [0, 0.1) is 6.92 Å². The van der Waals surface area contributed by atoms with Gasteiger partial charge in [-0.1, -0.05) is 18.3 Å². The highest BCUT2D eigenvalue weighted by Crippen LogP contribution is 2.25. The molecule has 104 valence electrons. The van der Waals surface area contributed by atoms with Crippen LogP contribution in [0.5, 0.6) is 0 Å². The lowest BCUT2D eigenvalue weighted by Gasteiger charge is -2.09. The number of anilines is 1. The van der Waals surface area contributed by atoms with Gasteiger partial charge in [-0.2, -0.15) is 0 Å². The standard InChI is InChI=1S/C10H14N4O2S3/c1-6(8-12-3-4-17-8)5-13-19(15,16)9-7(2)14-10(11)18-9/h3-4,6,13H,5H2,1-2H3,(H2,11,14). The van der Waals surface area contributed by atoms with Crippen molar-refractivity contribution in [1.29, 1.82) is 0 Å². The molecule has 0 fully saturated rings.